The Hall–Kier alpha value is -3.61. The number of hydrogen-bond donors (Lipinski definition) is 0. The van der Waals surface area contributed by atoms with Crippen LogP contribution in [0.15, 0.2) is 42.5 Å². The first-order chi connectivity index (χ1) is 14.0. The van der Waals surface area contributed by atoms with Gasteiger partial charge in [0.25, 0.3) is 0 Å². The summed E-state index contributed by atoms with van der Waals surface area (Å²) in [6, 6.07) is 11.0. The molecule has 150 valence electrons. The Balaban J connectivity index is 1.73. The van der Waals surface area contributed by atoms with E-state index in [0.29, 0.717) is 28.5 Å². The molecule has 0 atom stereocenters. The number of benzene rings is 2. The maximum Gasteiger partial charge on any atom is 0.331 e. The van der Waals surface area contributed by atoms with Crippen LogP contribution in [0.4, 0.5) is 0 Å². The van der Waals surface area contributed by atoms with E-state index in [4.69, 9.17) is 18.9 Å². The number of aryl methyl sites for hydroxylation is 1. The molecule has 0 bridgehead atoms. The Kier molecular flexibility index (Phi) is 6.29. The summed E-state index contributed by atoms with van der Waals surface area (Å²) in [5, 5.41) is 0. The summed E-state index contributed by atoms with van der Waals surface area (Å²) in [4.78, 5) is 21.2. The number of esters is 1. The van der Waals surface area contributed by atoms with Crippen molar-refractivity contribution in [2.24, 2.45) is 0 Å². The third-order valence-corrected chi connectivity index (χ3v) is 4.33. The molecule has 0 saturated heterocycles. The Morgan fingerprint density at radius 1 is 0.931 bits per heavy atom. The Morgan fingerprint density at radius 3 is 2.21 bits per heavy atom. The molecule has 0 aliphatic rings. The molecule has 0 unspecified atom stereocenters. The number of aromatic nitrogens is 2. The fourth-order valence-electron chi connectivity index (χ4n) is 2.79. The molecule has 3 rings (SSSR count). The van der Waals surface area contributed by atoms with Crippen molar-refractivity contribution >= 4 is 23.1 Å². The SMILES string of the molecule is COc1cc(OC)c(OC)cc1/C=C/C(=O)OCc1nc2ccccc2nc1C. The second-order valence-electron chi connectivity index (χ2n) is 6.13. The first-order valence-corrected chi connectivity index (χ1v) is 8.92. The van der Waals surface area contributed by atoms with Crippen LogP contribution in [-0.2, 0) is 16.1 Å². The van der Waals surface area contributed by atoms with Gasteiger partial charge in [0.15, 0.2) is 11.5 Å². The molecule has 29 heavy (non-hydrogen) atoms. The highest BCUT2D eigenvalue weighted by molar-refractivity contribution is 5.88. The molecule has 0 N–H and O–H groups in total. The van der Waals surface area contributed by atoms with Crippen molar-refractivity contribution in [3.05, 3.63) is 59.4 Å². The third-order valence-electron chi connectivity index (χ3n) is 4.33. The van der Waals surface area contributed by atoms with E-state index in [1.807, 2.05) is 31.2 Å². The fourth-order valence-corrected chi connectivity index (χ4v) is 2.79. The van der Waals surface area contributed by atoms with Crippen molar-refractivity contribution in [1.82, 2.24) is 9.97 Å². The summed E-state index contributed by atoms with van der Waals surface area (Å²) in [6.45, 7) is 1.88. The lowest BCUT2D eigenvalue weighted by molar-refractivity contribution is -0.139. The first kappa shape index (κ1) is 20.1. The average molecular weight is 394 g/mol. The highest BCUT2D eigenvalue weighted by atomic mass is 16.5. The summed E-state index contributed by atoms with van der Waals surface area (Å²) in [6.07, 6.45) is 2.93. The molecule has 0 saturated carbocycles. The number of carbonyl (C=O) groups is 1. The molecule has 7 nitrogen and oxygen atoms in total. The molecular formula is C22H22N2O5. The van der Waals surface area contributed by atoms with Gasteiger partial charge in [-0.15, -0.1) is 0 Å². The molecule has 0 radical (unpaired) electrons. The highest BCUT2D eigenvalue weighted by Crippen LogP contribution is 2.35. The molecule has 0 amide bonds. The number of fused-ring (bicyclic) bond motifs is 1. The quantitative estimate of drug-likeness (QED) is 0.446. The summed E-state index contributed by atoms with van der Waals surface area (Å²) in [7, 11) is 4.62. The second-order valence-corrected chi connectivity index (χ2v) is 6.13. The van der Waals surface area contributed by atoms with E-state index in [2.05, 4.69) is 9.97 Å². The Morgan fingerprint density at radius 2 is 1.55 bits per heavy atom. The number of methoxy groups -OCH3 is 3. The second kappa shape index (κ2) is 9.05. The minimum atomic E-state index is -0.504. The Bertz CT molecular complexity index is 1060. The summed E-state index contributed by atoms with van der Waals surface area (Å²) < 4.78 is 21.2. The maximum atomic E-state index is 12.2. The standard InChI is InChI=1S/C22H22N2O5/c1-14-18(24-17-8-6-5-7-16(17)23-14)13-29-22(25)10-9-15-11-20(27-3)21(28-4)12-19(15)26-2/h5-12H,13H2,1-4H3/b10-9+. The zero-order valence-corrected chi connectivity index (χ0v) is 16.8. The molecule has 1 aromatic heterocycles. The molecule has 3 aromatic rings. The van der Waals surface area contributed by atoms with Crippen LogP contribution in [0.5, 0.6) is 17.2 Å². The molecule has 0 aliphatic heterocycles. The smallest absolute Gasteiger partial charge is 0.331 e. The predicted molar refractivity (Wildman–Crippen MR) is 109 cm³/mol. The number of nitrogens with zero attached hydrogens (tertiary/aromatic N) is 2. The number of hydrogen-bond acceptors (Lipinski definition) is 7. The van der Waals surface area contributed by atoms with Gasteiger partial charge >= 0.3 is 5.97 Å². The van der Waals surface area contributed by atoms with Crippen LogP contribution >= 0.6 is 0 Å². The highest BCUT2D eigenvalue weighted by Gasteiger charge is 2.11. The van der Waals surface area contributed by atoms with E-state index in [1.165, 1.54) is 13.2 Å². The minimum Gasteiger partial charge on any atom is -0.496 e. The van der Waals surface area contributed by atoms with Crippen molar-refractivity contribution in [3.63, 3.8) is 0 Å². The van der Waals surface area contributed by atoms with Gasteiger partial charge in [0, 0.05) is 17.7 Å². The van der Waals surface area contributed by atoms with Crippen LogP contribution in [-0.4, -0.2) is 37.3 Å². The van der Waals surface area contributed by atoms with Crippen molar-refractivity contribution < 1.29 is 23.7 Å². The van der Waals surface area contributed by atoms with Gasteiger partial charge in [0.1, 0.15) is 12.4 Å². The maximum absolute atomic E-state index is 12.2. The largest absolute Gasteiger partial charge is 0.496 e. The van der Waals surface area contributed by atoms with Gasteiger partial charge in [-0.2, -0.15) is 0 Å². The van der Waals surface area contributed by atoms with E-state index in [-0.39, 0.29) is 6.61 Å². The van der Waals surface area contributed by atoms with Crippen LogP contribution < -0.4 is 14.2 Å². The van der Waals surface area contributed by atoms with Gasteiger partial charge < -0.3 is 18.9 Å². The normalized spacial score (nSPS) is 10.9. The summed E-state index contributed by atoms with van der Waals surface area (Å²) >= 11 is 0. The molecule has 1 heterocycles. The van der Waals surface area contributed by atoms with Gasteiger partial charge in [-0.05, 0) is 31.2 Å². The third kappa shape index (κ3) is 4.63. The monoisotopic (exact) mass is 394 g/mol. The summed E-state index contributed by atoms with van der Waals surface area (Å²) in [5.41, 5.74) is 3.57. The zero-order valence-electron chi connectivity index (χ0n) is 16.8. The zero-order chi connectivity index (χ0) is 20.8. The lowest BCUT2D eigenvalue weighted by Crippen LogP contribution is -2.05. The lowest BCUT2D eigenvalue weighted by atomic mass is 10.1. The van der Waals surface area contributed by atoms with E-state index in [0.717, 1.165) is 16.7 Å². The molecule has 0 aliphatic carbocycles. The van der Waals surface area contributed by atoms with Crippen molar-refractivity contribution in [2.45, 2.75) is 13.5 Å². The first-order valence-electron chi connectivity index (χ1n) is 8.92. The molecular weight excluding hydrogens is 372 g/mol. The number of carbonyl (C=O) groups excluding carboxylic acids is 1. The van der Waals surface area contributed by atoms with Gasteiger partial charge in [-0.3, -0.25) is 0 Å². The Labute approximate surface area is 168 Å². The number of rotatable bonds is 7. The van der Waals surface area contributed by atoms with Crippen LogP contribution in [0.2, 0.25) is 0 Å². The van der Waals surface area contributed by atoms with Gasteiger partial charge in [-0.1, -0.05) is 12.1 Å². The lowest BCUT2D eigenvalue weighted by Gasteiger charge is -2.12. The molecule has 7 heteroatoms. The number of ether oxygens (including phenoxy) is 4. The van der Waals surface area contributed by atoms with Crippen LogP contribution in [0.25, 0.3) is 17.1 Å². The van der Waals surface area contributed by atoms with E-state index >= 15 is 0 Å². The van der Waals surface area contributed by atoms with Crippen molar-refractivity contribution in [1.29, 1.82) is 0 Å². The van der Waals surface area contributed by atoms with Gasteiger partial charge in [-0.25, -0.2) is 14.8 Å². The van der Waals surface area contributed by atoms with Crippen LogP contribution in [0, 0.1) is 6.92 Å². The van der Waals surface area contributed by atoms with Crippen molar-refractivity contribution in [2.75, 3.05) is 21.3 Å². The van der Waals surface area contributed by atoms with Crippen LogP contribution in [0.3, 0.4) is 0 Å². The predicted octanol–water partition coefficient (Wildman–Crippen LogP) is 3.72. The van der Waals surface area contributed by atoms with E-state index in [9.17, 15) is 4.79 Å². The summed E-state index contributed by atoms with van der Waals surface area (Å²) in [5.74, 6) is 1.11. The van der Waals surface area contributed by atoms with Gasteiger partial charge in [0.05, 0.1) is 43.8 Å². The van der Waals surface area contributed by atoms with Gasteiger partial charge in [0.2, 0.25) is 0 Å². The number of para-hydroxylation sites is 2. The topological polar surface area (TPSA) is 79.8 Å². The average Bonchev–Trinajstić information content (AvgIpc) is 2.75. The molecule has 0 spiro atoms. The fraction of sp³-hybridized carbons (Fsp3) is 0.227. The molecule has 0 fully saturated rings. The van der Waals surface area contributed by atoms with Crippen LogP contribution in [0.1, 0.15) is 17.0 Å². The molecule has 2 aromatic carbocycles. The van der Waals surface area contributed by atoms with Crippen molar-refractivity contribution in [3.8, 4) is 17.2 Å². The minimum absolute atomic E-state index is 0.0376. The van der Waals surface area contributed by atoms with E-state index < -0.39 is 5.97 Å². The van der Waals surface area contributed by atoms with E-state index in [1.54, 1.807) is 32.4 Å².